The molecule has 0 aliphatic rings. The van der Waals surface area contributed by atoms with Crippen molar-refractivity contribution in [3.63, 3.8) is 0 Å². The molecule has 0 atom stereocenters. The zero-order chi connectivity index (χ0) is 14.4. The zero-order valence-corrected chi connectivity index (χ0v) is 11.7. The number of aryl methyl sites for hydroxylation is 1. The van der Waals surface area contributed by atoms with Crippen molar-refractivity contribution in [2.45, 2.75) is 12.8 Å². The molecule has 2 rings (SSSR count). The van der Waals surface area contributed by atoms with Gasteiger partial charge in [0.1, 0.15) is 5.75 Å². The molecule has 2 aromatic rings. The van der Waals surface area contributed by atoms with Gasteiger partial charge in [-0.05, 0) is 36.2 Å². The van der Waals surface area contributed by atoms with Crippen LogP contribution in [-0.4, -0.2) is 25.0 Å². The first-order valence-corrected chi connectivity index (χ1v) is 6.50. The van der Waals surface area contributed by atoms with E-state index in [1.807, 2.05) is 36.4 Å². The Morgan fingerprint density at radius 2 is 2.00 bits per heavy atom. The first-order chi connectivity index (χ1) is 9.70. The number of carbonyl (C=O) groups excluding carboxylic acids is 1. The highest BCUT2D eigenvalue weighted by atomic mass is 16.5. The molecule has 4 nitrogen and oxygen atoms in total. The zero-order valence-electron chi connectivity index (χ0n) is 11.7. The third kappa shape index (κ3) is 3.57. The fourth-order valence-electron chi connectivity index (χ4n) is 1.91. The summed E-state index contributed by atoms with van der Waals surface area (Å²) in [5.41, 5.74) is 1.94. The van der Waals surface area contributed by atoms with E-state index in [0.717, 1.165) is 17.0 Å². The van der Waals surface area contributed by atoms with Crippen LogP contribution in [-0.2, 0) is 11.2 Å². The minimum Gasteiger partial charge on any atom is -0.497 e. The maximum absolute atomic E-state index is 12.1. The number of rotatable bonds is 5. The van der Waals surface area contributed by atoms with E-state index in [-0.39, 0.29) is 5.91 Å². The Bertz CT molecular complexity index is 552. The lowest BCUT2D eigenvalue weighted by Gasteiger charge is -2.16. The van der Waals surface area contributed by atoms with Crippen molar-refractivity contribution in [3.8, 4) is 5.75 Å². The number of aromatic nitrogens is 1. The molecule has 0 bridgehead atoms. The largest absolute Gasteiger partial charge is 0.497 e. The minimum absolute atomic E-state index is 0.0776. The summed E-state index contributed by atoms with van der Waals surface area (Å²) in [5, 5.41) is 0. The Labute approximate surface area is 119 Å². The number of carbonyl (C=O) groups is 1. The van der Waals surface area contributed by atoms with Gasteiger partial charge >= 0.3 is 0 Å². The van der Waals surface area contributed by atoms with E-state index in [2.05, 4.69) is 4.98 Å². The second-order valence-corrected chi connectivity index (χ2v) is 4.51. The number of amides is 1. The molecular formula is C16H18N2O2. The van der Waals surface area contributed by atoms with E-state index in [0.29, 0.717) is 12.8 Å². The molecule has 0 aliphatic heterocycles. The Kier molecular flexibility index (Phi) is 4.71. The summed E-state index contributed by atoms with van der Waals surface area (Å²) in [6.45, 7) is 0. The van der Waals surface area contributed by atoms with E-state index >= 15 is 0 Å². The van der Waals surface area contributed by atoms with Crippen LogP contribution >= 0.6 is 0 Å². The lowest BCUT2D eigenvalue weighted by atomic mass is 10.1. The molecule has 1 amide bonds. The lowest BCUT2D eigenvalue weighted by molar-refractivity contribution is -0.118. The predicted molar refractivity (Wildman–Crippen MR) is 79.0 cm³/mol. The van der Waals surface area contributed by atoms with Crippen LogP contribution in [0.2, 0.25) is 0 Å². The second-order valence-electron chi connectivity index (χ2n) is 4.51. The van der Waals surface area contributed by atoms with Gasteiger partial charge in [0.15, 0.2) is 0 Å². The summed E-state index contributed by atoms with van der Waals surface area (Å²) < 4.78 is 5.11. The van der Waals surface area contributed by atoms with E-state index < -0.39 is 0 Å². The molecule has 104 valence electrons. The van der Waals surface area contributed by atoms with Gasteiger partial charge in [-0.3, -0.25) is 9.78 Å². The van der Waals surface area contributed by atoms with Crippen LogP contribution < -0.4 is 9.64 Å². The van der Waals surface area contributed by atoms with Gasteiger partial charge in [-0.25, -0.2) is 0 Å². The molecule has 0 saturated carbocycles. The monoisotopic (exact) mass is 270 g/mol. The molecule has 4 heteroatoms. The molecular weight excluding hydrogens is 252 g/mol. The Hall–Kier alpha value is -2.36. The van der Waals surface area contributed by atoms with Gasteiger partial charge in [0.2, 0.25) is 5.91 Å². The second kappa shape index (κ2) is 6.70. The minimum atomic E-state index is 0.0776. The molecule has 1 aromatic carbocycles. The smallest absolute Gasteiger partial charge is 0.227 e. The average molecular weight is 270 g/mol. The highest BCUT2D eigenvalue weighted by Gasteiger charge is 2.10. The molecule has 0 unspecified atom stereocenters. The van der Waals surface area contributed by atoms with Crippen LogP contribution in [0.4, 0.5) is 5.69 Å². The molecule has 0 radical (unpaired) electrons. The van der Waals surface area contributed by atoms with Crippen LogP contribution in [0, 0.1) is 0 Å². The topological polar surface area (TPSA) is 42.4 Å². The van der Waals surface area contributed by atoms with E-state index in [4.69, 9.17) is 4.74 Å². The van der Waals surface area contributed by atoms with Gasteiger partial charge in [-0.2, -0.15) is 0 Å². The third-order valence-corrected chi connectivity index (χ3v) is 3.19. The van der Waals surface area contributed by atoms with Gasteiger partial charge in [0.25, 0.3) is 0 Å². The average Bonchev–Trinajstić information content (AvgIpc) is 2.53. The van der Waals surface area contributed by atoms with Crippen LogP contribution in [0.1, 0.15) is 12.0 Å². The van der Waals surface area contributed by atoms with Crippen molar-refractivity contribution in [1.82, 2.24) is 4.98 Å². The van der Waals surface area contributed by atoms with Crippen LogP contribution in [0.3, 0.4) is 0 Å². The first kappa shape index (κ1) is 14.1. The van der Waals surface area contributed by atoms with E-state index in [1.165, 1.54) is 0 Å². The number of nitrogens with zero attached hydrogens (tertiary/aromatic N) is 2. The molecule has 0 N–H and O–H groups in total. The van der Waals surface area contributed by atoms with Crippen molar-refractivity contribution in [2.75, 3.05) is 19.1 Å². The Morgan fingerprint density at radius 1 is 1.25 bits per heavy atom. The molecule has 0 saturated heterocycles. The summed E-state index contributed by atoms with van der Waals surface area (Å²) >= 11 is 0. The van der Waals surface area contributed by atoms with Crippen molar-refractivity contribution in [1.29, 1.82) is 0 Å². The Balaban J connectivity index is 1.91. The van der Waals surface area contributed by atoms with Crippen LogP contribution in [0.25, 0.3) is 0 Å². The standard InChI is InChI=1S/C16H18N2O2/c1-18(14-4-3-11-17-12-14)16(19)10-7-13-5-8-15(20-2)9-6-13/h3-6,8-9,11-12H,7,10H2,1-2H3. The number of hydrogen-bond acceptors (Lipinski definition) is 3. The van der Waals surface area contributed by atoms with Gasteiger partial charge in [0, 0.05) is 19.7 Å². The quantitative estimate of drug-likeness (QED) is 0.839. The van der Waals surface area contributed by atoms with Crippen molar-refractivity contribution in [2.24, 2.45) is 0 Å². The molecule has 1 aromatic heterocycles. The summed E-state index contributed by atoms with van der Waals surface area (Å²) in [6, 6.07) is 11.5. The molecule has 1 heterocycles. The highest BCUT2D eigenvalue weighted by Crippen LogP contribution is 2.15. The maximum Gasteiger partial charge on any atom is 0.227 e. The third-order valence-electron chi connectivity index (χ3n) is 3.19. The van der Waals surface area contributed by atoms with E-state index in [9.17, 15) is 4.79 Å². The summed E-state index contributed by atoms with van der Waals surface area (Å²) in [5.74, 6) is 0.904. The number of methoxy groups -OCH3 is 1. The van der Waals surface area contributed by atoms with Crippen molar-refractivity contribution < 1.29 is 9.53 Å². The molecule has 0 aliphatic carbocycles. The van der Waals surface area contributed by atoms with Gasteiger partial charge in [-0.1, -0.05) is 12.1 Å². The lowest BCUT2D eigenvalue weighted by Crippen LogP contribution is -2.26. The predicted octanol–water partition coefficient (Wildman–Crippen LogP) is 2.69. The van der Waals surface area contributed by atoms with Gasteiger partial charge in [0.05, 0.1) is 19.0 Å². The Morgan fingerprint density at radius 3 is 2.60 bits per heavy atom. The molecule has 20 heavy (non-hydrogen) atoms. The van der Waals surface area contributed by atoms with Crippen LogP contribution in [0.15, 0.2) is 48.8 Å². The number of ether oxygens (including phenoxy) is 1. The number of pyridine rings is 1. The van der Waals surface area contributed by atoms with E-state index in [1.54, 1.807) is 31.5 Å². The van der Waals surface area contributed by atoms with Crippen LogP contribution in [0.5, 0.6) is 5.75 Å². The summed E-state index contributed by atoms with van der Waals surface area (Å²) in [4.78, 5) is 17.8. The van der Waals surface area contributed by atoms with Crippen molar-refractivity contribution >= 4 is 11.6 Å². The maximum atomic E-state index is 12.1. The SMILES string of the molecule is COc1ccc(CCC(=O)N(C)c2cccnc2)cc1. The fourth-order valence-corrected chi connectivity index (χ4v) is 1.91. The normalized spacial score (nSPS) is 10.1. The number of anilines is 1. The summed E-state index contributed by atoms with van der Waals surface area (Å²) in [6.07, 6.45) is 4.57. The highest BCUT2D eigenvalue weighted by molar-refractivity contribution is 5.92. The van der Waals surface area contributed by atoms with Crippen molar-refractivity contribution in [3.05, 3.63) is 54.4 Å². The van der Waals surface area contributed by atoms with Gasteiger partial charge < -0.3 is 9.64 Å². The molecule has 0 fully saturated rings. The fraction of sp³-hybridized carbons (Fsp3) is 0.250. The summed E-state index contributed by atoms with van der Waals surface area (Å²) in [7, 11) is 3.41. The molecule has 0 spiro atoms. The van der Waals surface area contributed by atoms with Gasteiger partial charge in [-0.15, -0.1) is 0 Å². The number of benzene rings is 1. The number of hydrogen-bond donors (Lipinski definition) is 0. The first-order valence-electron chi connectivity index (χ1n) is 6.50.